The van der Waals surface area contributed by atoms with Gasteiger partial charge < -0.3 is 5.73 Å². The summed E-state index contributed by atoms with van der Waals surface area (Å²) < 4.78 is 37.8. The molecule has 1 aromatic carbocycles. The van der Waals surface area contributed by atoms with E-state index in [4.69, 9.17) is 11.1 Å². The quantitative estimate of drug-likeness (QED) is 0.502. The Bertz CT molecular complexity index is 443. The Labute approximate surface area is 108 Å². The standard InChI is InChI=1S/C12H15F3N2S/c1-7-3-4-10(8(2)5-7)18-6-9(11(16)17)12(13,14)15/h3-5,9H,6H2,1-2H3,(H3,16,17). The van der Waals surface area contributed by atoms with Crippen molar-refractivity contribution in [2.75, 3.05) is 5.75 Å². The Morgan fingerprint density at radius 2 is 2.00 bits per heavy atom. The lowest BCUT2D eigenvalue weighted by Gasteiger charge is -2.18. The van der Waals surface area contributed by atoms with Crippen LogP contribution >= 0.6 is 11.8 Å². The molecule has 0 saturated carbocycles. The van der Waals surface area contributed by atoms with Crippen LogP contribution in [0, 0.1) is 25.2 Å². The lowest BCUT2D eigenvalue weighted by atomic mass is 10.1. The van der Waals surface area contributed by atoms with Gasteiger partial charge in [-0.2, -0.15) is 13.2 Å². The molecule has 18 heavy (non-hydrogen) atoms. The van der Waals surface area contributed by atoms with Gasteiger partial charge in [0.25, 0.3) is 0 Å². The van der Waals surface area contributed by atoms with Crippen molar-refractivity contribution in [2.45, 2.75) is 24.9 Å². The molecular weight excluding hydrogens is 261 g/mol. The lowest BCUT2D eigenvalue weighted by Crippen LogP contribution is -2.36. The van der Waals surface area contributed by atoms with E-state index in [1.807, 2.05) is 26.0 Å². The van der Waals surface area contributed by atoms with Crippen LogP contribution in [0.4, 0.5) is 13.2 Å². The number of benzene rings is 1. The van der Waals surface area contributed by atoms with Crippen molar-refractivity contribution in [2.24, 2.45) is 11.7 Å². The zero-order chi connectivity index (χ0) is 13.9. The van der Waals surface area contributed by atoms with Crippen LogP contribution in [0.2, 0.25) is 0 Å². The smallest absolute Gasteiger partial charge is 0.387 e. The van der Waals surface area contributed by atoms with E-state index in [2.05, 4.69) is 0 Å². The summed E-state index contributed by atoms with van der Waals surface area (Å²) in [5.41, 5.74) is 7.00. The summed E-state index contributed by atoms with van der Waals surface area (Å²) in [6.45, 7) is 3.78. The average Bonchev–Trinajstić information content (AvgIpc) is 2.18. The number of amidine groups is 1. The highest BCUT2D eigenvalue weighted by Crippen LogP contribution is 2.32. The zero-order valence-corrected chi connectivity index (χ0v) is 11.0. The van der Waals surface area contributed by atoms with Gasteiger partial charge in [-0.3, -0.25) is 5.41 Å². The van der Waals surface area contributed by atoms with E-state index >= 15 is 0 Å². The molecule has 0 spiro atoms. The Kier molecular flexibility index (Phi) is 4.67. The molecule has 0 radical (unpaired) electrons. The van der Waals surface area contributed by atoms with Gasteiger partial charge in [0.05, 0.1) is 0 Å². The molecule has 100 valence electrons. The molecule has 0 aromatic heterocycles. The molecule has 6 heteroatoms. The van der Waals surface area contributed by atoms with E-state index in [0.717, 1.165) is 27.8 Å². The number of halogens is 3. The SMILES string of the molecule is Cc1ccc(SCC(C(=N)N)C(F)(F)F)c(C)c1. The Balaban J connectivity index is 2.77. The van der Waals surface area contributed by atoms with Gasteiger partial charge in [0.15, 0.2) is 0 Å². The third-order valence-electron chi connectivity index (χ3n) is 2.51. The number of aryl methyl sites for hydroxylation is 2. The first-order valence-corrected chi connectivity index (χ1v) is 6.31. The van der Waals surface area contributed by atoms with Crippen molar-refractivity contribution in [3.8, 4) is 0 Å². The minimum atomic E-state index is -4.46. The van der Waals surface area contributed by atoms with Crippen LogP contribution in [0.5, 0.6) is 0 Å². The molecule has 3 N–H and O–H groups in total. The molecule has 2 nitrogen and oxygen atoms in total. The van der Waals surface area contributed by atoms with Gasteiger partial charge >= 0.3 is 6.18 Å². The molecule has 0 aliphatic rings. The number of thioether (sulfide) groups is 1. The molecule has 0 heterocycles. The second-order valence-corrected chi connectivity index (χ2v) is 5.19. The van der Waals surface area contributed by atoms with Crippen LogP contribution in [0.1, 0.15) is 11.1 Å². The van der Waals surface area contributed by atoms with Gasteiger partial charge in [-0.15, -0.1) is 11.8 Å². The van der Waals surface area contributed by atoms with Crippen LogP contribution in [-0.2, 0) is 0 Å². The molecule has 1 aromatic rings. The monoisotopic (exact) mass is 276 g/mol. The first-order chi connectivity index (χ1) is 8.21. The summed E-state index contributed by atoms with van der Waals surface area (Å²) in [7, 11) is 0. The second-order valence-electron chi connectivity index (χ2n) is 4.13. The van der Waals surface area contributed by atoms with Gasteiger partial charge in [0, 0.05) is 10.6 Å². The van der Waals surface area contributed by atoms with Gasteiger partial charge in [-0.25, -0.2) is 0 Å². The lowest BCUT2D eigenvalue weighted by molar-refractivity contribution is -0.149. The highest BCUT2D eigenvalue weighted by Gasteiger charge is 2.41. The minimum absolute atomic E-state index is 0.261. The largest absolute Gasteiger partial charge is 0.399 e. The Morgan fingerprint density at radius 1 is 1.39 bits per heavy atom. The summed E-state index contributed by atoms with van der Waals surface area (Å²) in [6, 6.07) is 5.56. The summed E-state index contributed by atoms with van der Waals surface area (Å²) >= 11 is 1.08. The van der Waals surface area contributed by atoms with E-state index in [9.17, 15) is 13.2 Å². The second kappa shape index (κ2) is 5.65. The van der Waals surface area contributed by atoms with Crippen LogP contribution in [0.3, 0.4) is 0 Å². The van der Waals surface area contributed by atoms with Crippen molar-refractivity contribution in [3.05, 3.63) is 29.3 Å². The predicted molar refractivity (Wildman–Crippen MR) is 68.1 cm³/mol. The van der Waals surface area contributed by atoms with Crippen molar-refractivity contribution in [3.63, 3.8) is 0 Å². The van der Waals surface area contributed by atoms with Crippen LogP contribution in [0.15, 0.2) is 23.1 Å². The van der Waals surface area contributed by atoms with E-state index in [-0.39, 0.29) is 5.75 Å². The van der Waals surface area contributed by atoms with Crippen molar-refractivity contribution in [1.82, 2.24) is 0 Å². The number of nitrogens with one attached hydrogen (secondary N) is 1. The maximum Gasteiger partial charge on any atom is 0.399 e. The first-order valence-electron chi connectivity index (χ1n) is 5.32. The maximum absolute atomic E-state index is 12.6. The summed E-state index contributed by atoms with van der Waals surface area (Å²) in [5, 5.41) is 7.01. The van der Waals surface area contributed by atoms with E-state index in [0.29, 0.717) is 0 Å². The molecule has 0 aliphatic heterocycles. The summed E-state index contributed by atoms with van der Waals surface area (Å²) in [5.74, 6) is -2.98. The van der Waals surface area contributed by atoms with Gasteiger partial charge in [0.1, 0.15) is 11.8 Å². The molecular formula is C12H15F3N2S. The number of alkyl halides is 3. The number of hydrogen-bond donors (Lipinski definition) is 2. The van der Waals surface area contributed by atoms with Crippen molar-refractivity contribution >= 4 is 17.6 Å². The van der Waals surface area contributed by atoms with Gasteiger partial charge in [0.2, 0.25) is 0 Å². The molecule has 1 rings (SSSR count). The first kappa shape index (κ1) is 14.9. The fraction of sp³-hybridized carbons (Fsp3) is 0.417. The minimum Gasteiger partial charge on any atom is -0.387 e. The highest BCUT2D eigenvalue weighted by molar-refractivity contribution is 7.99. The molecule has 0 saturated heterocycles. The van der Waals surface area contributed by atoms with Crippen molar-refractivity contribution < 1.29 is 13.2 Å². The number of hydrogen-bond acceptors (Lipinski definition) is 2. The summed E-state index contributed by atoms with van der Waals surface area (Å²) in [6.07, 6.45) is -4.46. The van der Waals surface area contributed by atoms with Crippen molar-refractivity contribution in [1.29, 1.82) is 5.41 Å². The predicted octanol–water partition coefficient (Wildman–Crippen LogP) is 3.51. The van der Waals surface area contributed by atoms with Crippen LogP contribution in [-0.4, -0.2) is 17.8 Å². The average molecular weight is 276 g/mol. The molecule has 0 fully saturated rings. The molecule has 1 atom stereocenters. The van der Waals surface area contributed by atoms with E-state index in [1.54, 1.807) is 6.07 Å². The number of nitrogens with two attached hydrogens (primary N) is 1. The topological polar surface area (TPSA) is 49.9 Å². The Morgan fingerprint density at radius 3 is 2.44 bits per heavy atom. The summed E-state index contributed by atoms with van der Waals surface area (Å²) in [4.78, 5) is 0.788. The zero-order valence-electron chi connectivity index (χ0n) is 10.1. The highest BCUT2D eigenvalue weighted by atomic mass is 32.2. The third-order valence-corrected chi connectivity index (χ3v) is 3.78. The van der Waals surface area contributed by atoms with Gasteiger partial charge in [-0.1, -0.05) is 17.7 Å². The molecule has 1 unspecified atom stereocenters. The fourth-order valence-electron chi connectivity index (χ4n) is 1.49. The third kappa shape index (κ3) is 3.94. The van der Waals surface area contributed by atoms with E-state index in [1.165, 1.54) is 0 Å². The molecule has 0 bridgehead atoms. The maximum atomic E-state index is 12.6. The van der Waals surface area contributed by atoms with Crippen LogP contribution in [0.25, 0.3) is 0 Å². The normalized spacial score (nSPS) is 13.4. The number of rotatable bonds is 4. The fourth-order valence-corrected chi connectivity index (χ4v) is 2.66. The van der Waals surface area contributed by atoms with Gasteiger partial charge in [-0.05, 0) is 25.5 Å². The Hall–Kier alpha value is -1.17. The van der Waals surface area contributed by atoms with Crippen LogP contribution < -0.4 is 5.73 Å². The molecule has 0 aliphatic carbocycles. The molecule has 0 amide bonds. The van der Waals surface area contributed by atoms with E-state index < -0.39 is 17.9 Å².